The first-order chi connectivity index (χ1) is 9.27. The standard InChI is InChI=1S/C11H16F8OSi/c1-7(21-6-4-3-5-20-21)8(2,12)9(13,14)10(15,16)11(17,18)19/h7,21H,3-6H2,1-2H3. The van der Waals surface area contributed by atoms with Crippen LogP contribution in [-0.2, 0) is 4.43 Å². The van der Waals surface area contributed by atoms with Gasteiger partial charge in [-0.2, -0.15) is 30.7 Å². The number of hydrogen-bond donors (Lipinski definition) is 0. The zero-order chi connectivity index (χ0) is 16.7. The first-order valence-electron chi connectivity index (χ1n) is 6.39. The Morgan fingerprint density at radius 3 is 1.81 bits per heavy atom. The maximum Gasteiger partial charge on any atom is 0.460 e. The number of rotatable bonds is 4. The summed E-state index contributed by atoms with van der Waals surface area (Å²) in [6.07, 6.45) is -5.33. The fourth-order valence-corrected chi connectivity index (χ4v) is 5.30. The van der Waals surface area contributed by atoms with Crippen LogP contribution in [0.5, 0.6) is 0 Å². The first kappa shape index (κ1) is 18.7. The Labute approximate surface area is 118 Å². The van der Waals surface area contributed by atoms with Gasteiger partial charge in [0.15, 0.2) is 14.7 Å². The van der Waals surface area contributed by atoms with E-state index in [2.05, 4.69) is 0 Å². The number of hydrogen-bond acceptors (Lipinski definition) is 1. The van der Waals surface area contributed by atoms with Crippen LogP contribution in [0, 0.1) is 0 Å². The Balaban J connectivity index is 3.08. The van der Waals surface area contributed by atoms with Crippen molar-refractivity contribution in [3.8, 4) is 0 Å². The molecule has 0 aromatic heterocycles. The zero-order valence-corrected chi connectivity index (χ0v) is 12.6. The summed E-state index contributed by atoms with van der Waals surface area (Å²) < 4.78 is 109. The van der Waals surface area contributed by atoms with Crippen molar-refractivity contribution in [1.29, 1.82) is 0 Å². The van der Waals surface area contributed by atoms with Gasteiger partial charge in [0.25, 0.3) is 0 Å². The molecule has 1 fully saturated rings. The van der Waals surface area contributed by atoms with E-state index in [4.69, 9.17) is 4.43 Å². The summed E-state index contributed by atoms with van der Waals surface area (Å²) in [5.41, 5.74) is -5.69. The lowest BCUT2D eigenvalue weighted by Gasteiger charge is -2.42. The highest BCUT2D eigenvalue weighted by Gasteiger charge is 2.80. The molecule has 0 aliphatic carbocycles. The van der Waals surface area contributed by atoms with Crippen LogP contribution in [0.4, 0.5) is 35.1 Å². The molecule has 21 heavy (non-hydrogen) atoms. The van der Waals surface area contributed by atoms with Gasteiger partial charge in [-0.1, -0.05) is 13.3 Å². The smallest absolute Gasteiger partial charge is 0.420 e. The lowest BCUT2D eigenvalue weighted by molar-refractivity contribution is -0.378. The summed E-state index contributed by atoms with van der Waals surface area (Å²) in [5.74, 6) is -12.3. The summed E-state index contributed by atoms with van der Waals surface area (Å²) in [7, 11) is -2.63. The molecule has 126 valence electrons. The minimum absolute atomic E-state index is 0.0995. The molecule has 0 bridgehead atoms. The van der Waals surface area contributed by atoms with Crippen LogP contribution in [0.2, 0.25) is 11.6 Å². The maximum atomic E-state index is 14.3. The van der Waals surface area contributed by atoms with E-state index in [9.17, 15) is 35.1 Å². The van der Waals surface area contributed by atoms with Crippen molar-refractivity contribution in [3.05, 3.63) is 0 Å². The summed E-state index contributed by atoms with van der Waals surface area (Å²) in [5, 5.41) is 0. The molecule has 1 rings (SSSR count). The summed E-state index contributed by atoms with van der Waals surface area (Å²) >= 11 is 0. The zero-order valence-electron chi connectivity index (χ0n) is 11.4. The molecule has 10 heteroatoms. The van der Waals surface area contributed by atoms with Gasteiger partial charge in [-0.25, -0.2) is 4.39 Å². The summed E-state index contributed by atoms with van der Waals surface area (Å²) in [6, 6.07) is 0.272. The third-order valence-corrected chi connectivity index (χ3v) is 7.37. The van der Waals surface area contributed by atoms with Gasteiger partial charge in [-0.15, -0.1) is 0 Å². The molecule has 3 unspecified atom stereocenters. The van der Waals surface area contributed by atoms with Crippen molar-refractivity contribution < 1.29 is 39.5 Å². The minimum Gasteiger partial charge on any atom is -0.420 e. The van der Waals surface area contributed by atoms with E-state index in [1.807, 2.05) is 0 Å². The molecule has 3 atom stereocenters. The molecule has 0 aromatic carbocycles. The van der Waals surface area contributed by atoms with Crippen molar-refractivity contribution in [2.75, 3.05) is 6.61 Å². The average Bonchev–Trinajstić information content (AvgIpc) is 2.37. The van der Waals surface area contributed by atoms with Crippen molar-refractivity contribution >= 4 is 9.04 Å². The third kappa shape index (κ3) is 3.06. The van der Waals surface area contributed by atoms with Crippen LogP contribution >= 0.6 is 0 Å². The summed E-state index contributed by atoms with van der Waals surface area (Å²) in [6.45, 7) is 1.21. The molecule has 1 aliphatic rings. The van der Waals surface area contributed by atoms with Gasteiger partial charge in [-0.05, 0) is 19.4 Å². The van der Waals surface area contributed by atoms with Crippen LogP contribution in [-0.4, -0.2) is 39.3 Å². The molecule has 0 radical (unpaired) electrons. The molecule has 0 amide bonds. The van der Waals surface area contributed by atoms with Gasteiger partial charge in [0, 0.05) is 12.1 Å². The van der Waals surface area contributed by atoms with E-state index < -0.39 is 38.3 Å². The van der Waals surface area contributed by atoms with E-state index in [-0.39, 0.29) is 19.6 Å². The maximum absolute atomic E-state index is 14.3. The second kappa shape index (κ2) is 5.67. The molecular formula is C11H16F8OSi. The van der Waals surface area contributed by atoms with Gasteiger partial charge >= 0.3 is 18.0 Å². The monoisotopic (exact) mass is 344 g/mol. The fraction of sp³-hybridized carbons (Fsp3) is 1.00. The minimum atomic E-state index is -6.53. The van der Waals surface area contributed by atoms with Crippen molar-refractivity contribution in [3.63, 3.8) is 0 Å². The second-order valence-electron chi connectivity index (χ2n) is 5.42. The molecule has 0 N–H and O–H groups in total. The van der Waals surface area contributed by atoms with E-state index >= 15 is 0 Å². The SMILES string of the molecule is CC([SiH]1CCCCO1)C(C)(F)C(F)(F)C(F)(F)C(F)(F)F. The Kier molecular flexibility index (Phi) is 5.04. The van der Waals surface area contributed by atoms with Crippen LogP contribution in [0.15, 0.2) is 0 Å². The Morgan fingerprint density at radius 2 is 1.43 bits per heavy atom. The van der Waals surface area contributed by atoms with Crippen LogP contribution in [0.25, 0.3) is 0 Å². The predicted molar refractivity (Wildman–Crippen MR) is 62.0 cm³/mol. The lowest BCUT2D eigenvalue weighted by Crippen LogP contribution is -2.63. The van der Waals surface area contributed by atoms with E-state index in [1.54, 1.807) is 0 Å². The van der Waals surface area contributed by atoms with Gasteiger partial charge in [-0.3, -0.25) is 0 Å². The van der Waals surface area contributed by atoms with E-state index in [0.29, 0.717) is 12.8 Å². The van der Waals surface area contributed by atoms with E-state index in [0.717, 1.165) is 6.92 Å². The van der Waals surface area contributed by atoms with Crippen LogP contribution < -0.4 is 0 Å². The first-order valence-corrected chi connectivity index (χ1v) is 8.35. The van der Waals surface area contributed by atoms with Crippen LogP contribution in [0.3, 0.4) is 0 Å². The van der Waals surface area contributed by atoms with Gasteiger partial charge in [0.1, 0.15) is 0 Å². The molecule has 1 saturated heterocycles. The average molecular weight is 344 g/mol. The highest BCUT2D eigenvalue weighted by Crippen LogP contribution is 2.56. The van der Waals surface area contributed by atoms with Crippen molar-refractivity contribution in [1.82, 2.24) is 0 Å². The molecular weight excluding hydrogens is 328 g/mol. The predicted octanol–water partition coefficient (Wildman–Crippen LogP) is 4.47. The highest BCUT2D eigenvalue weighted by molar-refractivity contribution is 6.54. The van der Waals surface area contributed by atoms with Gasteiger partial charge < -0.3 is 4.43 Å². The van der Waals surface area contributed by atoms with Gasteiger partial charge in [0.05, 0.1) is 0 Å². The third-order valence-electron chi connectivity index (χ3n) is 3.99. The Morgan fingerprint density at radius 1 is 0.905 bits per heavy atom. The molecule has 1 heterocycles. The van der Waals surface area contributed by atoms with E-state index in [1.165, 1.54) is 0 Å². The second-order valence-corrected chi connectivity index (χ2v) is 8.40. The fourth-order valence-electron chi connectivity index (χ4n) is 2.28. The molecule has 0 aromatic rings. The molecule has 0 spiro atoms. The van der Waals surface area contributed by atoms with Crippen molar-refractivity contribution in [2.24, 2.45) is 0 Å². The number of halogens is 8. The van der Waals surface area contributed by atoms with Gasteiger partial charge in [0.2, 0.25) is 0 Å². The topological polar surface area (TPSA) is 9.23 Å². The normalized spacial score (nSPS) is 26.3. The Bertz CT molecular complexity index is 362. The quantitative estimate of drug-likeness (QED) is 0.540. The molecule has 1 aliphatic heterocycles. The van der Waals surface area contributed by atoms with Crippen LogP contribution in [0.1, 0.15) is 26.7 Å². The molecule has 0 saturated carbocycles. The number of alkyl halides is 8. The Hall–Kier alpha value is -0.383. The summed E-state index contributed by atoms with van der Waals surface area (Å²) in [4.78, 5) is 0. The largest absolute Gasteiger partial charge is 0.460 e. The highest BCUT2D eigenvalue weighted by atomic mass is 28.3. The lowest BCUT2D eigenvalue weighted by atomic mass is 9.91. The van der Waals surface area contributed by atoms with Crippen molar-refractivity contribution in [2.45, 2.75) is 62.0 Å². The molecule has 1 nitrogen and oxygen atoms in total.